The lowest BCUT2D eigenvalue weighted by molar-refractivity contribution is 0.280. The maximum absolute atomic E-state index is 9.35. The Morgan fingerprint density at radius 2 is 2.00 bits per heavy atom. The Morgan fingerprint density at radius 1 is 1.25 bits per heavy atom. The molecule has 108 valence electrons. The van der Waals surface area contributed by atoms with Crippen molar-refractivity contribution in [1.29, 1.82) is 0 Å². The zero-order chi connectivity index (χ0) is 14.1. The van der Waals surface area contributed by atoms with Crippen molar-refractivity contribution in [3.63, 3.8) is 0 Å². The molecular weight excluding hydrogens is 252 g/mol. The van der Waals surface area contributed by atoms with E-state index in [1.807, 2.05) is 18.5 Å². The zero-order valence-corrected chi connectivity index (χ0v) is 12.2. The predicted octanol–water partition coefficient (Wildman–Crippen LogP) is 2.35. The van der Waals surface area contributed by atoms with Crippen molar-refractivity contribution in [3.8, 4) is 0 Å². The summed E-state index contributed by atoms with van der Waals surface area (Å²) in [7, 11) is 0. The van der Waals surface area contributed by atoms with Gasteiger partial charge in [0.1, 0.15) is 0 Å². The van der Waals surface area contributed by atoms with Crippen molar-refractivity contribution < 1.29 is 5.11 Å². The lowest BCUT2D eigenvalue weighted by atomic mass is 10.2. The van der Waals surface area contributed by atoms with Crippen molar-refractivity contribution in [1.82, 2.24) is 19.6 Å². The highest BCUT2D eigenvalue weighted by molar-refractivity contribution is 5.24. The zero-order valence-electron chi connectivity index (χ0n) is 12.2. The van der Waals surface area contributed by atoms with Crippen LogP contribution in [-0.2, 0) is 13.2 Å². The fourth-order valence-electron chi connectivity index (χ4n) is 3.10. The summed E-state index contributed by atoms with van der Waals surface area (Å²) in [6, 6.07) is 2.66. The van der Waals surface area contributed by atoms with Gasteiger partial charge in [-0.05, 0) is 32.8 Å². The first kappa shape index (κ1) is 13.4. The van der Waals surface area contributed by atoms with Crippen LogP contribution in [0.15, 0.2) is 12.3 Å². The maximum atomic E-state index is 9.35. The number of aliphatic hydroxyl groups is 1. The molecule has 0 atom stereocenters. The van der Waals surface area contributed by atoms with Gasteiger partial charge in [-0.2, -0.15) is 10.2 Å². The summed E-state index contributed by atoms with van der Waals surface area (Å²) in [5.74, 6) is 0. The third-order valence-corrected chi connectivity index (χ3v) is 4.36. The molecule has 1 N–H and O–H groups in total. The molecule has 0 saturated heterocycles. The summed E-state index contributed by atoms with van der Waals surface area (Å²) >= 11 is 0. The molecule has 5 nitrogen and oxygen atoms in total. The fraction of sp³-hybridized carbons (Fsp3) is 0.600. The second-order valence-electron chi connectivity index (χ2n) is 5.69. The molecule has 2 aromatic rings. The van der Waals surface area contributed by atoms with Gasteiger partial charge >= 0.3 is 0 Å². The van der Waals surface area contributed by atoms with Gasteiger partial charge in [0.25, 0.3) is 0 Å². The van der Waals surface area contributed by atoms with Crippen molar-refractivity contribution >= 4 is 0 Å². The van der Waals surface area contributed by atoms with Crippen LogP contribution < -0.4 is 0 Å². The molecule has 0 radical (unpaired) electrons. The van der Waals surface area contributed by atoms with Crippen molar-refractivity contribution in [2.45, 2.75) is 58.7 Å². The first-order valence-corrected chi connectivity index (χ1v) is 7.37. The summed E-state index contributed by atoms with van der Waals surface area (Å²) in [5.41, 5.74) is 3.90. The van der Waals surface area contributed by atoms with Crippen LogP contribution in [0.3, 0.4) is 0 Å². The van der Waals surface area contributed by atoms with Gasteiger partial charge in [-0.25, -0.2) is 0 Å². The summed E-state index contributed by atoms with van der Waals surface area (Å²) in [6.07, 6.45) is 7.21. The third kappa shape index (κ3) is 2.38. The molecule has 0 spiro atoms. The summed E-state index contributed by atoms with van der Waals surface area (Å²) in [4.78, 5) is 0. The first-order valence-electron chi connectivity index (χ1n) is 7.37. The highest BCUT2D eigenvalue weighted by Gasteiger charge is 2.18. The van der Waals surface area contributed by atoms with Crippen LogP contribution in [0, 0.1) is 13.8 Å². The minimum Gasteiger partial charge on any atom is -0.392 e. The van der Waals surface area contributed by atoms with Crippen LogP contribution in [0.25, 0.3) is 0 Å². The molecule has 3 rings (SSSR count). The molecule has 1 aliphatic rings. The topological polar surface area (TPSA) is 55.9 Å². The van der Waals surface area contributed by atoms with E-state index in [1.165, 1.54) is 25.7 Å². The van der Waals surface area contributed by atoms with Gasteiger partial charge in [0, 0.05) is 17.5 Å². The summed E-state index contributed by atoms with van der Waals surface area (Å²) in [5, 5.41) is 18.5. The Hall–Kier alpha value is -1.62. The molecule has 5 heteroatoms. The number of aliphatic hydroxyl groups excluding tert-OH is 1. The number of hydrogen-bond acceptors (Lipinski definition) is 3. The van der Waals surface area contributed by atoms with E-state index in [-0.39, 0.29) is 6.61 Å². The summed E-state index contributed by atoms with van der Waals surface area (Å²) in [6.45, 7) is 4.66. The van der Waals surface area contributed by atoms with Gasteiger partial charge in [0.05, 0.1) is 30.6 Å². The van der Waals surface area contributed by atoms with E-state index < -0.39 is 0 Å². The minimum atomic E-state index is 0.0498. The molecule has 1 aliphatic carbocycles. The van der Waals surface area contributed by atoms with Crippen molar-refractivity contribution in [3.05, 3.63) is 34.9 Å². The van der Waals surface area contributed by atoms with Gasteiger partial charge in [0.2, 0.25) is 0 Å². The van der Waals surface area contributed by atoms with Gasteiger partial charge in [-0.3, -0.25) is 9.36 Å². The molecule has 20 heavy (non-hydrogen) atoms. The first-order chi connectivity index (χ1) is 9.69. The number of aryl methyl sites for hydroxylation is 1. The molecule has 1 saturated carbocycles. The SMILES string of the molecule is Cc1nn(Cc2ccn(C3CCCC3)n2)c(C)c1CO. The minimum absolute atomic E-state index is 0.0498. The molecule has 0 amide bonds. The second-order valence-corrected chi connectivity index (χ2v) is 5.69. The van der Waals surface area contributed by atoms with Crippen LogP contribution in [0.5, 0.6) is 0 Å². The number of hydrogen-bond donors (Lipinski definition) is 1. The third-order valence-electron chi connectivity index (χ3n) is 4.36. The van der Waals surface area contributed by atoms with Crippen molar-refractivity contribution in [2.24, 2.45) is 0 Å². The van der Waals surface area contributed by atoms with Crippen LogP contribution in [0.2, 0.25) is 0 Å². The average molecular weight is 274 g/mol. The van der Waals surface area contributed by atoms with Crippen LogP contribution in [-0.4, -0.2) is 24.7 Å². The molecule has 2 aromatic heterocycles. The van der Waals surface area contributed by atoms with Crippen molar-refractivity contribution in [2.75, 3.05) is 0 Å². The Labute approximate surface area is 119 Å². The highest BCUT2D eigenvalue weighted by atomic mass is 16.3. The average Bonchev–Trinajstić information content (AvgIpc) is 3.12. The van der Waals surface area contributed by atoms with E-state index in [9.17, 15) is 5.11 Å². The number of rotatable bonds is 4. The quantitative estimate of drug-likeness (QED) is 0.931. The standard InChI is InChI=1S/C15H22N4O/c1-11-15(10-20)12(2)19(16-11)9-13-7-8-18(17-13)14-5-3-4-6-14/h7-8,14,20H,3-6,9-10H2,1-2H3. The molecule has 2 heterocycles. The number of nitrogens with zero attached hydrogens (tertiary/aromatic N) is 4. The van der Waals surface area contributed by atoms with Crippen LogP contribution >= 0.6 is 0 Å². The number of aromatic nitrogens is 4. The summed E-state index contributed by atoms with van der Waals surface area (Å²) < 4.78 is 4.04. The largest absolute Gasteiger partial charge is 0.392 e. The van der Waals surface area contributed by atoms with E-state index >= 15 is 0 Å². The van der Waals surface area contributed by atoms with E-state index in [0.29, 0.717) is 12.6 Å². The van der Waals surface area contributed by atoms with Crippen LogP contribution in [0.4, 0.5) is 0 Å². The van der Waals surface area contributed by atoms with Gasteiger partial charge in [0.15, 0.2) is 0 Å². The predicted molar refractivity (Wildman–Crippen MR) is 76.5 cm³/mol. The molecule has 1 fully saturated rings. The lowest BCUT2D eigenvalue weighted by Crippen LogP contribution is -2.08. The molecular formula is C15H22N4O. The van der Waals surface area contributed by atoms with E-state index in [4.69, 9.17) is 0 Å². The molecule has 0 unspecified atom stereocenters. The Kier molecular flexibility index (Phi) is 3.61. The highest BCUT2D eigenvalue weighted by Crippen LogP contribution is 2.28. The smallest absolute Gasteiger partial charge is 0.0853 e. The van der Waals surface area contributed by atoms with E-state index in [0.717, 1.165) is 22.6 Å². The van der Waals surface area contributed by atoms with Gasteiger partial charge < -0.3 is 5.11 Å². The monoisotopic (exact) mass is 274 g/mol. The maximum Gasteiger partial charge on any atom is 0.0853 e. The molecule has 0 bridgehead atoms. The Bertz CT molecular complexity index is 593. The Morgan fingerprint density at radius 3 is 2.65 bits per heavy atom. The van der Waals surface area contributed by atoms with E-state index in [2.05, 4.69) is 27.1 Å². The fourth-order valence-corrected chi connectivity index (χ4v) is 3.10. The lowest BCUT2D eigenvalue weighted by Gasteiger charge is -2.09. The van der Waals surface area contributed by atoms with E-state index in [1.54, 1.807) is 0 Å². The molecule has 0 aromatic carbocycles. The molecule has 0 aliphatic heterocycles. The Balaban J connectivity index is 1.78. The van der Waals surface area contributed by atoms with Crippen LogP contribution in [0.1, 0.15) is 54.4 Å². The second kappa shape index (κ2) is 5.40. The van der Waals surface area contributed by atoms with Gasteiger partial charge in [-0.15, -0.1) is 0 Å². The normalized spacial score (nSPS) is 16.1. The van der Waals surface area contributed by atoms with Gasteiger partial charge in [-0.1, -0.05) is 12.8 Å².